The van der Waals surface area contributed by atoms with Crippen molar-refractivity contribution in [1.82, 2.24) is 0 Å². The van der Waals surface area contributed by atoms with E-state index in [4.69, 9.17) is 10.5 Å². The van der Waals surface area contributed by atoms with Crippen LogP contribution in [-0.4, -0.2) is 26.8 Å². The molecule has 0 fully saturated rings. The van der Waals surface area contributed by atoms with Crippen LogP contribution in [-0.2, 0) is 0 Å². The van der Waals surface area contributed by atoms with Crippen molar-refractivity contribution >= 4 is 5.69 Å². The molecule has 0 heterocycles. The predicted molar refractivity (Wildman–Crippen MR) is 75.5 cm³/mol. The number of methoxy groups -OCH3 is 1. The number of nitrogens with two attached hydrogens (primary N) is 1. The van der Waals surface area contributed by atoms with Crippen molar-refractivity contribution in [1.29, 1.82) is 0 Å². The van der Waals surface area contributed by atoms with Crippen LogP contribution in [0, 0.1) is 11.8 Å². The van der Waals surface area contributed by atoms with Gasteiger partial charge in [-0.2, -0.15) is 8.78 Å². The first-order valence-electron chi connectivity index (χ1n) is 6.54. The number of benzene rings is 1. The molecule has 1 aromatic rings. The summed E-state index contributed by atoms with van der Waals surface area (Å²) in [6.45, 7) is 2.39. The highest BCUT2D eigenvalue weighted by Gasteiger charge is 2.14. The number of anilines is 1. The maximum Gasteiger partial charge on any atom is 0.387 e. The molecule has 1 atom stereocenters. The Bertz CT molecular complexity index is 414. The summed E-state index contributed by atoms with van der Waals surface area (Å²) in [4.78, 5) is 0. The van der Waals surface area contributed by atoms with Crippen LogP contribution in [0.4, 0.5) is 14.5 Å². The fraction of sp³-hybridized carbons (Fsp3) is 0.571. The Morgan fingerprint density at radius 1 is 1.30 bits per heavy atom. The van der Waals surface area contributed by atoms with Crippen molar-refractivity contribution in [3.05, 3.63) is 18.2 Å². The van der Waals surface area contributed by atoms with Gasteiger partial charge in [0.25, 0.3) is 0 Å². The van der Waals surface area contributed by atoms with Gasteiger partial charge >= 0.3 is 6.61 Å². The van der Waals surface area contributed by atoms with E-state index in [-0.39, 0.29) is 11.7 Å². The molecule has 4 nitrogen and oxygen atoms in total. The Hall–Kier alpha value is -1.56. The normalized spacial score (nSPS) is 12.6. The van der Waals surface area contributed by atoms with E-state index < -0.39 is 6.61 Å². The Morgan fingerprint density at radius 2 is 2.00 bits per heavy atom. The predicted octanol–water partition coefficient (Wildman–Crippen LogP) is 2.94. The largest absolute Gasteiger partial charge is 0.497 e. The number of nitrogens with one attached hydrogen (secondary N) is 1. The SMILES string of the molecule is COc1ccc(OC(F)F)c(NCC(CN)C(C)C)c1. The van der Waals surface area contributed by atoms with Crippen LogP contribution >= 0.6 is 0 Å². The monoisotopic (exact) mass is 288 g/mol. The Kier molecular flexibility index (Phi) is 6.51. The van der Waals surface area contributed by atoms with Crippen molar-refractivity contribution in [2.75, 3.05) is 25.5 Å². The van der Waals surface area contributed by atoms with E-state index in [1.54, 1.807) is 12.1 Å². The maximum atomic E-state index is 12.4. The summed E-state index contributed by atoms with van der Waals surface area (Å²) in [5.41, 5.74) is 6.17. The van der Waals surface area contributed by atoms with Gasteiger partial charge in [-0.1, -0.05) is 13.8 Å². The van der Waals surface area contributed by atoms with Crippen molar-refractivity contribution < 1.29 is 18.3 Å². The lowest BCUT2D eigenvalue weighted by Gasteiger charge is -2.21. The summed E-state index contributed by atoms with van der Waals surface area (Å²) in [7, 11) is 1.52. The molecule has 0 aromatic heterocycles. The van der Waals surface area contributed by atoms with Gasteiger partial charge < -0.3 is 20.5 Å². The lowest BCUT2D eigenvalue weighted by Crippen LogP contribution is -2.27. The summed E-state index contributed by atoms with van der Waals surface area (Å²) in [6.07, 6.45) is 0. The second-order valence-electron chi connectivity index (χ2n) is 4.86. The number of alkyl halides is 2. The van der Waals surface area contributed by atoms with Crippen LogP contribution in [0.25, 0.3) is 0 Å². The van der Waals surface area contributed by atoms with Gasteiger partial charge in [-0.05, 0) is 30.5 Å². The third-order valence-corrected chi connectivity index (χ3v) is 3.20. The number of rotatable bonds is 8. The van der Waals surface area contributed by atoms with Crippen molar-refractivity contribution in [3.8, 4) is 11.5 Å². The van der Waals surface area contributed by atoms with Gasteiger partial charge in [0.2, 0.25) is 0 Å². The molecule has 3 N–H and O–H groups in total. The zero-order valence-electron chi connectivity index (χ0n) is 12.0. The molecule has 1 aromatic carbocycles. The average Bonchev–Trinajstić information content (AvgIpc) is 2.40. The lowest BCUT2D eigenvalue weighted by atomic mass is 9.96. The minimum atomic E-state index is -2.86. The summed E-state index contributed by atoms with van der Waals surface area (Å²) in [5, 5.41) is 3.11. The number of hydrogen-bond acceptors (Lipinski definition) is 4. The first kappa shape index (κ1) is 16.5. The highest BCUT2D eigenvalue weighted by molar-refractivity contribution is 5.59. The molecule has 114 valence electrons. The van der Waals surface area contributed by atoms with Crippen LogP contribution in [0.15, 0.2) is 18.2 Å². The third-order valence-electron chi connectivity index (χ3n) is 3.20. The van der Waals surface area contributed by atoms with E-state index in [9.17, 15) is 8.78 Å². The van der Waals surface area contributed by atoms with E-state index in [1.165, 1.54) is 13.2 Å². The molecule has 0 radical (unpaired) electrons. The zero-order chi connectivity index (χ0) is 15.1. The molecule has 0 amide bonds. The van der Waals surface area contributed by atoms with Crippen LogP contribution in [0.3, 0.4) is 0 Å². The molecule has 0 aliphatic rings. The molecule has 0 saturated heterocycles. The fourth-order valence-corrected chi connectivity index (χ4v) is 1.81. The average molecular weight is 288 g/mol. The van der Waals surface area contributed by atoms with Gasteiger partial charge in [0.15, 0.2) is 0 Å². The molecule has 0 bridgehead atoms. The zero-order valence-corrected chi connectivity index (χ0v) is 12.0. The lowest BCUT2D eigenvalue weighted by molar-refractivity contribution is -0.0494. The highest BCUT2D eigenvalue weighted by atomic mass is 19.3. The van der Waals surface area contributed by atoms with Crippen molar-refractivity contribution in [3.63, 3.8) is 0 Å². The minimum Gasteiger partial charge on any atom is -0.497 e. The minimum absolute atomic E-state index is 0.0975. The van der Waals surface area contributed by atoms with Gasteiger partial charge in [-0.25, -0.2) is 0 Å². The number of hydrogen-bond donors (Lipinski definition) is 2. The van der Waals surface area contributed by atoms with Crippen LogP contribution in [0.5, 0.6) is 11.5 Å². The fourth-order valence-electron chi connectivity index (χ4n) is 1.81. The van der Waals surface area contributed by atoms with Gasteiger partial charge in [0, 0.05) is 12.6 Å². The topological polar surface area (TPSA) is 56.5 Å². The van der Waals surface area contributed by atoms with E-state index in [0.717, 1.165) is 0 Å². The molecular formula is C14H22F2N2O2. The van der Waals surface area contributed by atoms with E-state index in [0.29, 0.717) is 30.4 Å². The second kappa shape index (κ2) is 7.89. The Balaban J connectivity index is 2.84. The molecule has 0 aliphatic carbocycles. The first-order chi connectivity index (χ1) is 9.47. The number of ether oxygens (including phenoxy) is 2. The molecular weight excluding hydrogens is 266 g/mol. The van der Waals surface area contributed by atoms with Crippen LogP contribution in [0.2, 0.25) is 0 Å². The molecule has 20 heavy (non-hydrogen) atoms. The smallest absolute Gasteiger partial charge is 0.387 e. The molecule has 0 aliphatic heterocycles. The summed E-state index contributed by atoms with van der Waals surface area (Å²) < 4.78 is 34.3. The quantitative estimate of drug-likeness (QED) is 0.772. The molecule has 0 saturated carbocycles. The van der Waals surface area contributed by atoms with Crippen LogP contribution in [0.1, 0.15) is 13.8 Å². The van der Waals surface area contributed by atoms with E-state index in [2.05, 4.69) is 23.9 Å². The van der Waals surface area contributed by atoms with Gasteiger partial charge in [-0.15, -0.1) is 0 Å². The second-order valence-corrected chi connectivity index (χ2v) is 4.86. The Morgan fingerprint density at radius 3 is 2.50 bits per heavy atom. The maximum absolute atomic E-state index is 12.4. The van der Waals surface area contributed by atoms with E-state index in [1.807, 2.05) is 0 Å². The first-order valence-corrected chi connectivity index (χ1v) is 6.54. The molecule has 0 spiro atoms. The Labute approximate surface area is 118 Å². The highest BCUT2D eigenvalue weighted by Crippen LogP contribution is 2.30. The molecule has 1 rings (SSSR count). The van der Waals surface area contributed by atoms with Crippen molar-refractivity contribution in [2.24, 2.45) is 17.6 Å². The van der Waals surface area contributed by atoms with Crippen molar-refractivity contribution in [2.45, 2.75) is 20.5 Å². The van der Waals surface area contributed by atoms with Gasteiger partial charge in [0.05, 0.1) is 12.8 Å². The summed E-state index contributed by atoms with van der Waals surface area (Å²) >= 11 is 0. The van der Waals surface area contributed by atoms with E-state index >= 15 is 0 Å². The van der Waals surface area contributed by atoms with Gasteiger partial charge in [-0.3, -0.25) is 0 Å². The molecule has 6 heteroatoms. The van der Waals surface area contributed by atoms with Crippen LogP contribution < -0.4 is 20.5 Å². The standard InChI is InChI=1S/C14H22F2N2O2/c1-9(2)10(7-17)8-18-12-6-11(19-3)4-5-13(12)20-14(15)16/h4-6,9-10,14,18H,7-8,17H2,1-3H3. The summed E-state index contributed by atoms with van der Waals surface area (Å²) in [6, 6.07) is 4.66. The number of halogens is 2. The third kappa shape index (κ3) is 4.85. The molecule has 1 unspecified atom stereocenters. The van der Waals surface area contributed by atoms with Gasteiger partial charge in [0.1, 0.15) is 11.5 Å². The summed E-state index contributed by atoms with van der Waals surface area (Å²) in [5.74, 6) is 1.32.